The van der Waals surface area contributed by atoms with Crippen LogP contribution in [0.15, 0.2) is 17.2 Å². The zero-order valence-corrected chi connectivity index (χ0v) is 14.9. The Morgan fingerprint density at radius 3 is 2.62 bits per heavy atom. The summed E-state index contributed by atoms with van der Waals surface area (Å²) in [4.78, 5) is 41.8. The maximum atomic E-state index is 12.5. The third kappa shape index (κ3) is 3.51. The van der Waals surface area contributed by atoms with E-state index >= 15 is 0 Å². The number of primary amides is 1. The minimum Gasteiger partial charge on any atom is -0.364 e. The van der Waals surface area contributed by atoms with Crippen molar-refractivity contribution in [2.75, 3.05) is 13.1 Å². The highest BCUT2D eigenvalue weighted by Crippen LogP contribution is 2.27. The van der Waals surface area contributed by atoms with Gasteiger partial charge < -0.3 is 10.6 Å². The Kier molecular flexibility index (Phi) is 4.88. The number of hydrogen-bond acceptors (Lipinski definition) is 5. The van der Waals surface area contributed by atoms with Crippen LogP contribution in [0, 0.1) is 13.8 Å². The molecule has 3 N–H and O–H groups in total. The molecule has 0 radical (unpaired) electrons. The lowest BCUT2D eigenvalue weighted by Gasteiger charge is -2.31. The number of hydrogen-bond donors (Lipinski definition) is 2. The second kappa shape index (κ2) is 7.11. The monoisotopic (exact) mass is 358 g/mol. The minimum absolute atomic E-state index is 0.00645. The number of aromatic amines is 1. The van der Waals surface area contributed by atoms with Crippen molar-refractivity contribution >= 4 is 11.8 Å². The molecule has 9 heteroatoms. The summed E-state index contributed by atoms with van der Waals surface area (Å²) in [5, 5.41) is 6.75. The first-order chi connectivity index (χ1) is 12.4. The lowest BCUT2D eigenvalue weighted by Crippen LogP contribution is -2.41. The molecule has 1 aliphatic heterocycles. The fourth-order valence-corrected chi connectivity index (χ4v) is 3.15. The van der Waals surface area contributed by atoms with Crippen molar-refractivity contribution in [3.8, 4) is 0 Å². The van der Waals surface area contributed by atoms with Crippen LogP contribution in [0.1, 0.15) is 46.2 Å². The van der Waals surface area contributed by atoms with Crippen molar-refractivity contribution in [2.24, 2.45) is 5.73 Å². The van der Waals surface area contributed by atoms with Gasteiger partial charge in [0.1, 0.15) is 12.2 Å². The first-order valence-electron chi connectivity index (χ1n) is 8.52. The molecule has 26 heavy (non-hydrogen) atoms. The van der Waals surface area contributed by atoms with Gasteiger partial charge in [-0.25, -0.2) is 4.98 Å². The van der Waals surface area contributed by atoms with Gasteiger partial charge in [-0.2, -0.15) is 5.10 Å². The van der Waals surface area contributed by atoms with Gasteiger partial charge in [-0.3, -0.25) is 24.0 Å². The predicted molar refractivity (Wildman–Crippen MR) is 93.6 cm³/mol. The van der Waals surface area contributed by atoms with Gasteiger partial charge in [0.2, 0.25) is 5.91 Å². The van der Waals surface area contributed by atoms with Crippen molar-refractivity contribution < 1.29 is 9.59 Å². The number of nitrogens with two attached hydrogens (primary N) is 1. The summed E-state index contributed by atoms with van der Waals surface area (Å²) in [6, 6.07) is 1.67. The number of likely N-dealkylation sites (tertiary alicyclic amines) is 1. The Balaban J connectivity index is 1.61. The number of carbonyl (C=O) groups excluding carboxylic acids is 2. The molecule has 0 unspecified atom stereocenters. The fraction of sp³-hybridized carbons (Fsp3) is 0.471. The van der Waals surface area contributed by atoms with Crippen LogP contribution in [0.2, 0.25) is 0 Å². The summed E-state index contributed by atoms with van der Waals surface area (Å²) in [6.07, 6.45) is 2.93. The van der Waals surface area contributed by atoms with Gasteiger partial charge in [-0.05, 0) is 32.8 Å². The van der Waals surface area contributed by atoms with E-state index in [1.54, 1.807) is 24.8 Å². The molecule has 3 heterocycles. The van der Waals surface area contributed by atoms with E-state index < -0.39 is 5.91 Å². The molecule has 0 aromatic carbocycles. The Morgan fingerprint density at radius 1 is 1.31 bits per heavy atom. The third-order valence-corrected chi connectivity index (χ3v) is 4.96. The summed E-state index contributed by atoms with van der Waals surface area (Å²) >= 11 is 0. The van der Waals surface area contributed by atoms with E-state index in [4.69, 9.17) is 5.73 Å². The highest BCUT2D eigenvalue weighted by atomic mass is 16.2. The number of aromatic nitrogens is 4. The normalized spacial score (nSPS) is 15.2. The van der Waals surface area contributed by atoms with Crippen LogP contribution >= 0.6 is 0 Å². The molecule has 0 bridgehead atoms. The molecular weight excluding hydrogens is 336 g/mol. The Bertz CT molecular complexity index is 892. The smallest absolute Gasteiger partial charge is 0.269 e. The standard InChI is InChI=1S/C17H22N6O3/c1-10-11(2)19-9-23(17(10)26)8-15(24)22-5-3-12(4-6-22)13-7-14(16(18)25)21-20-13/h7,9,12H,3-6,8H2,1-2H3,(H2,18,25)(H,20,21). The van der Waals surface area contributed by atoms with E-state index in [2.05, 4.69) is 15.2 Å². The molecule has 0 spiro atoms. The molecular formula is C17H22N6O3. The maximum absolute atomic E-state index is 12.5. The van der Waals surface area contributed by atoms with Crippen LogP contribution < -0.4 is 11.3 Å². The van der Waals surface area contributed by atoms with Gasteiger partial charge in [-0.1, -0.05) is 0 Å². The number of piperidine rings is 1. The van der Waals surface area contributed by atoms with Gasteiger partial charge in [-0.15, -0.1) is 0 Å². The largest absolute Gasteiger partial charge is 0.364 e. The molecule has 9 nitrogen and oxygen atoms in total. The Hall–Kier alpha value is -2.97. The summed E-state index contributed by atoms with van der Waals surface area (Å²) in [5.41, 5.74) is 7.35. The summed E-state index contributed by atoms with van der Waals surface area (Å²) in [6.45, 7) is 4.64. The van der Waals surface area contributed by atoms with Gasteiger partial charge in [0.05, 0.1) is 6.33 Å². The highest BCUT2D eigenvalue weighted by molar-refractivity contribution is 5.90. The SMILES string of the molecule is Cc1ncn(CC(=O)N2CCC(c3cc(C(N)=O)n[nH]3)CC2)c(=O)c1C. The van der Waals surface area contributed by atoms with E-state index in [0.29, 0.717) is 24.3 Å². The van der Waals surface area contributed by atoms with E-state index in [1.807, 2.05) is 0 Å². The predicted octanol–water partition coefficient (Wildman–Crippen LogP) is 0.0883. The number of amides is 2. The Labute approximate surface area is 150 Å². The van der Waals surface area contributed by atoms with Crippen molar-refractivity contribution in [3.05, 3.63) is 45.4 Å². The number of carbonyl (C=O) groups is 2. The molecule has 2 aromatic heterocycles. The van der Waals surface area contributed by atoms with E-state index in [-0.39, 0.29) is 29.6 Å². The van der Waals surface area contributed by atoms with Crippen LogP contribution in [0.4, 0.5) is 0 Å². The molecule has 0 atom stereocenters. The van der Waals surface area contributed by atoms with Crippen LogP contribution in [0.25, 0.3) is 0 Å². The molecule has 3 rings (SSSR count). The zero-order valence-electron chi connectivity index (χ0n) is 14.9. The molecule has 0 aliphatic carbocycles. The summed E-state index contributed by atoms with van der Waals surface area (Å²) in [7, 11) is 0. The lowest BCUT2D eigenvalue weighted by molar-refractivity contribution is -0.133. The number of aryl methyl sites for hydroxylation is 1. The first kappa shape index (κ1) is 17.8. The number of rotatable bonds is 4. The second-order valence-electron chi connectivity index (χ2n) is 6.62. The lowest BCUT2D eigenvalue weighted by atomic mass is 9.93. The molecule has 1 saturated heterocycles. The number of H-pyrrole nitrogens is 1. The average Bonchev–Trinajstić information content (AvgIpc) is 3.13. The first-order valence-corrected chi connectivity index (χ1v) is 8.52. The van der Waals surface area contributed by atoms with Gasteiger partial charge in [0.15, 0.2) is 0 Å². The fourth-order valence-electron chi connectivity index (χ4n) is 3.15. The quantitative estimate of drug-likeness (QED) is 0.801. The van der Waals surface area contributed by atoms with Gasteiger partial charge in [0, 0.05) is 36.0 Å². The van der Waals surface area contributed by atoms with Crippen LogP contribution in [-0.4, -0.2) is 49.6 Å². The van der Waals surface area contributed by atoms with Crippen molar-refractivity contribution in [2.45, 2.75) is 39.2 Å². The highest BCUT2D eigenvalue weighted by Gasteiger charge is 2.25. The van der Waals surface area contributed by atoms with Gasteiger partial charge in [0.25, 0.3) is 11.5 Å². The second-order valence-corrected chi connectivity index (χ2v) is 6.62. The topological polar surface area (TPSA) is 127 Å². The van der Waals surface area contributed by atoms with Crippen molar-refractivity contribution in [1.29, 1.82) is 0 Å². The zero-order chi connectivity index (χ0) is 18.8. The van der Waals surface area contributed by atoms with E-state index in [0.717, 1.165) is 18.5 Å². The van der Waals surface area contributed by atoms with Crippen molar-refractivity contribution in [3.63, 3.8) is 0 Å². The molecule has 1 fully saturated rings. The van der Waals surface area contributed by atoms with E-state index in [1.165, 1.54) is 10.9 Å². The molecule has 2 aromatic rings. The number of nitrogens with one attached hydrogen (secondary N) is 1. The molecule has 138 valence electrons. The number of nitrogens with zero attached hydrogens (tertiary/aromatic N) is 4. The molecule has 0 saturated carbocycles. The summed E-state index contributed by atoms with van der Waals surface area (Å²) < 4.78 is 1.35. The van der Waals surface area contributed by atoms with Crippen LogP contribution in [-0.2, 0) is 11.3 Å². The third-order valence-electron chi connectivity index (χ3n) is 4.96. The van der Waals surface area contributed by atoms with Crippen LogP contribution in [0.5, 0.6) is 0 Å². The summed E-state index contributed by atoms with van der Waals surface area (Å²) in [5.74, 6) is -0.462. The van der Waals surface area contributed by atoms with Crippen molar-refractivity contribution in [1.82, 2.24) is 24.6 Å². The molecule has 1 aliphatic rings. The van der Waals surface area contributed by atoms with Gasteiger partial charge >= 0.3 is 0 Å². The molecule has 2 amide bonds. The average molecular weight is 358 g/mol. The maximum Gasteiger partial charge on any atom is 0.269 e. The minimum atomic E-state index is -0.562. The van der Waals surface area contributed by atoms with E-state index in [9.17, 15) is 14.4 Å². The van der Waals surface area contributed by atoms with Crippen LogP contribution in [0.3, 0.4) is 0 Å². The Morgan fingerprint density at radius 2 is 2.00 bits per heavy atom.